The summed E-state index contributed by atoms with van der Waals surface area (Å²) in [5.74, 6) is -0.467. The molecule has 1 saturated heterocycles. The average Bonchev–Trinajstić information content (AvgIpc) is 3.28. The Bertz CT molecular complexity index is 1360. The van der Waals surface area contributed by atoms with Crippen LogP contribution in [0.5, 0.6) is 0 Å². The number of rotatable bonds is 4. The van der Waals surface area contributed by atoms with Crippen molar-refractivity contribution < 1.29 is 41.7 Å². The zero-order valence-corrected chi connectivity index (χ0v) is 29.3. The monoisotopic (exact) mass is 671 g/mol. The first kappa shape index (κ1) is 38.2. The summed E-state index contributed by atoms with van der Waals surface area (Å²) in [6.07, 6.45) is -3.01. The van der Waals surface area contributed by atoms with Crippen molar-refractivity contribution in [2.75, 3.05) is 25.2 Å². The van der Waals surface area contributed by atoms with Crippen LogP contribution in [0.4, 0.5) is 17.6 Å². The maximum atomic E-state index is 15.4. The summed E-state index contributed by atoms with van der Waals surface area (Å²) in [4.78, 5) is 17.1. The minimum Gasteiger partial charge on any atom is -0.455 e. The number of ether oxygens (including phenoxy) is 3. The molecule has 0 saturated carbocycles. The van der Waals surface area contributed by atoms with Crippen molar-refractivity contribution in [2.45, 2.75) is 117 Å². The highest BCUT2D eigenvalue weighted by Gasteiger charge is 2.55. The second-order valence-corrected chi connectivity index (χ2v) is 14.2. The Morgan fingerprint density at radius 2 is 1.74 bits per heavy atom. The molecule has 2 aliphatic heterocycles. The number of alkyl halides is 3. The van der Waals surface area contributed by atoms with Gasteiger partial charge < -0.3 is 19.3 Å². The molecule has 46 heavy (non-hydrogen) atoms. The lowest BCUT2D eigenvalue weighted by Gasteiger charge is -2.43. The zero-order chi connectivity index (χ0) is 34.6. The number of esters is 1. The van der Waals surface area contributed by atoms with Crippen LogP contribution in [0.1, 0.15) is 145 Å². The van der Waals surface area contributed by atoms with E-state index >= 15 is 4.39 Å². The van der Waals surface area contributed by atoms with Crippen molar-refractivity contribution in [1.29, 1.82) is 0 Å². The molecule has 0 bridgehead atoms. The van der Waals surface area contributed by atoms with Gasteiger partial charge >= 0.3 is 12.1 Å². The third-order valence-corrected chi connectivity index (χ3v) is 9.01. The molecule has 0 amide bonds. The van der Waals surface area contributed by atoms with Crippen LogP contribution in [0.25, 0.3) is 0 Å². The van der Waals surface area contributed by atoms with Crippen LogP contribution >= 0.6 is 11.8 Å². The molecule has 258 valence electrons. The molecule has 1 N–H and O–H groups in total. The molecule has 1 spiro atoms. The summed E-state index contributed by atoms with van der Waals surface area (Å²) in [7, 11) is 0. The van der Waals surface area contributed by atoms with Gasteiger partial charge in [0.25, 0.3) is 0 Å². The summed E-state index contributed by atoms with van der Waals surface area (Å²) in [5.41, 5.74) is 0.0149. The van der Waals surface area contributed by atoms with Crippen molar-refractivity contribution in [1.82, 2.24) is 4.98 Å². The topological polar surface area (TPSA) is 77.9 Å². The molecule has 0 unspecified atom stereocenters. The average molecular weight is 672 g/mol. The number of aromatic nitrogens is 1. The first-order valence-electron chi connectivity index (χ1n) is 16.0. The lowest BCUT2D eigenvalue weighted by atomic mass is 9.68. The standard InChI is InChI=1S/C29H33F4NO5.C3H8S.C3H8/c1-14(2)23-21-22(20-19(36)13-27(4,5)26(24(20)34-23)38-15(3)35)28(8-10-37-11-9-28)39-25(21)17-7-6-16(12-18(17)30)29(31,32)33;1-3-4-2;1-3-2/h6-7,12,14,19,25-26,36H,8-11,13H2,1-5H3;3H2,1-2H3;3H2,1-2H3/t19-,25+,26-;;/m0../s1. The quantitative estimate of drug-likeness (QED) is 0.256. The Kier molecular flexibility index (Phi) is 12.8. The predicted octanol–water partition coefficient (Wildman–Crippen LogP) is 9.34. The maximum Gasteiger partial charge on any atom is 0.416 e. The van der Waals surface area contributed by atoms with Gasteiger partial charge in [-0.1, -0.05) is 61.0 Å². The van der Waals surface area contributed by atoms with Crippen LogP contribution in [-0.2, 0) is 30.8 Å². The predicted molar refractivity (Wildman–Crippen MR) is 172 cm³/mol. The molecule has 11 heteroatoms. The number of benzene rings is 1. The van der Waals surface area contributed by atoms with Crippen LogP contribution in [-0.4, -0.2) is 41.3 Å². The Labute approximate surface area is 275 Å². The van der Waals surface area contributed by atoms with Crippen molar-refractivity contribution in [3.8, 4) is 0 Å². The number of fused-ring (bicyclic) bond motifs is 4. The van der Waals surface area contributed by atoms with E-state index in [9.17, 15) is 23.1 Å². The highest BCUT2D eigenvalue weighted by molar-refractivity contribution is 7.98. The van der Waals surface area contributed by atoms with Crippen LogP contribution in [0, 0.1) is 11.2 Å². The summed E-state index contributed by atoms with van der Waals surface area (Å²) in [5, 5.41) is 11.5. The van der Waals surface area contributed by atoms with Crippen molar-refractivity contribution in [3.05, 3.63) is 63.2 Å². The number of carbonyl (C=O) groups excluding carboxylic acids is 1. The fraction of sp³-hybridized carbons (Fsp3) is 0.657. The van der Waals surface area contributed by atoms with Crippen LogP contribution < -0.4 is 0 Å². The molecule has 0 radical (unpaired) electrons. The fourth-order valence-electron chi connectivity index (χ4n) is 6.39. The van der Waals surface area contributed by atoms with Gasteiger partial charge in [0, 0.05) is 60.8 Å². The van der Waals surface area contributed by atoms with Crippen LogP contribution in [0.2, 0.25) is 0 Å². The van der Waals surface area contributed by atoms with Gasteiger partial charge in [-0.2, -0.15) is 24.9 Å². The van der Waals surface area contributed by atoms with E-state index in [0.717, 1.165) is 12.1 Å². The molecule has 3 heterocycles. The highest BCUT2D eigenvalue weighted by Crippen LogP contribution is 2.60. The molecule has 1 fully saturated rings. The van der Waals surface area contributed by atoms with Gasteiger partial charge in [0.2, 0.25) is 0 Å². The van der Waals surface area contributed by atoms with E-state index < -0.39 is 52.9 Å². The molecule has 3 atom stereocenters. The number of hydrogen-bond donors (Lipinski definition) is 1. The zero-order valence-electron chi connectivity index (χ0n) is 28.4. The number of halogens is 4. The van der Waals surface area contributed by atoms with Crippen molar-refractivity contribution in [3.63, 3.8) is 0 Å². The number of hydrogen-bond acceptors (Lipinski definition) is 7. The Morgan fingerprint density at radius 1 is 1.15 bits per heavy atom. The molecule has 1 aliphatic carbocycles. The maximum absolute atomic E-state index is 15.4. The van der Waals surface area contributed by atoms with Gasteiger partial charge in [-0.05, 0) is 42.0 Å². The minimum atomic E-state index is -4.69. The fourth-order valence-corrected chi connectivity index (χ4v) is 6.39. The first-order chi connectivity index (χ1) is 21.5. The SMILES string of the molecule is CC(=O)O[C@H]1c2nc(C(C)C)c3c(c2[C@@H](O)CC1(C)C)C1(CCOCC1)O[C@@H]3c1ccc(C(F)(F)F)cc1F.CCC.CCSC. The molecule has 5 rings (SSSR count). The number of pyridine rings is 1. The second kappa shape index (κ2) is 15.3. The van der Waals surface area contributed by atoms with E-state index in [4.69, 9.17) is 19.2 Å². The van der Waals surface area contributed by atoms with Crippen molar-refractivity contribution in [2.24, 2.45) is 5.41 Å². The van der Waals surface area contributed by atoms with Crippen LogP contribution in [0.15, 0.2) is 18.2 Å². The van der Waals surface area contributed by atoms with E-state index in [1.54, 1.807) is 0 Å². The van der Waals surface area contributed by atoms with Crippen LogP contribution in [0.3, 0.4) is 0 Å². The first-order valence-corrected chi connectivity index (χ1v) is 17.4. The van der Waals surface area contributed by atoms with Gasteiger partial charge in [-0.15, -0.1) is 0 Å². The molecular weight excluding hydrogens is 622 g/mol. The van der Waals surface area contributed by atoms with Gasteiger partial charge in [0.1, 0.15) is 18.0 Å². The summed E-state index contributed by atoms with van der Waals surface area (Å²) in [6, 6.07) is 2.46. The Balaban J connectivity index is 0.000000751. The third-order valence-electron chi connectivity index (χ3n) is 8.43. The third kappa shape index (κ3) is 7.90. The van der Waals surface area contributed by atoms with Gasteiger partial charge in [0.05, 0.1) is 23.0 Å². The van der Waals surface area contributed by atoms with Gasteiger partial charge in [-0.3, -0.25) is 9.78 Å². The molecule has 2 aromatic rings. The number of aliphatic hydroxyl groups excluding tert-OH is 1. The van der Waals surface area contributed by atoms with E-state index in [-0.39, 0.29) is 17.9 Å². The van der Waals surface area contributed by atoms with Gasteiger partial charge in [-0.25, -0.2) is 4.39 Å². The van der Waals surface area contributed by atoms with Gasteiger partial charge in [0.15, 0.2) is 0 Å². The molecular formula is C35H49F4NO5S. The summed E-state index contributed by atoms with van der Waals surface area (Å²) >= 11 is 1.86. The summed E-state index contributed by atoms with van der Waals surface area (Å²) in [6.45, 7) is 16.0. The van der Waals surface area contributed by atoms with E-state index in [2.05, 4.69) is 27.0 Å². The van der Waals surface area contributed by atoms with E-state index in [1.807, 2.05) is 39.5 Å². The molecule has 1 aromatic carbocycles. The number of thioether (sulfide) groups is 1. The number of aliphatic hydroxyl groups is 1. The number of carbonyl (C=O) groups is 1. The lowest BCUT2D eigenvalue weighted by molar-refractivity contribution is -0.157. The Hall–Kier alpha value is -2.21. The second-order valence-electron chi connectivity index (χ2n) is 13.1. The minimum absolute atomic E-state index is 0.0292. The number of nitrogens with zero attached hydrogens (tertiary/aromatic N) is 1. The molecule has 6 nitrogen and oxygen atoms in total. The van der Waals surface area contributed by atoms with E-state index in [1.165, 1.54) is 19.1 Å². The molecule has 1 aromatic heterocycles. The van der Waals surface area contributed by atoms with E-state index in [0.29, 0.717) is 60.2 Å². The highest BCUT2D eigenvalue weighted by atomic mass is 32.2. The largest absolute Gasteiger partial charge is 0.455 e. The smallest absolute Gasteiger partial charge is 0.416 e. The molecule has 3 aliphatic rings. The Morgan fingerprint density at radius 3 is 2.22 bits per heavy atom. The lowest BCUT2D eigenvalue weighted by Crippen LogP contribution is -2.39. The summed E-state index contributed by atoms with van der Waals surface area (Å²) < 4.78 is 73.4. The normalized spacial score (nSPS) is 22.6. The van der Waals surface area contributed by atoms with Crippen molar-refractivity contribution >= 4 is 17.7 Å².